The Morgan fingerprint density at radius 1 is 1.83 bits per heavy atom. The van der Waals surface area contributed by atoms with Gasteiger partial charge in [-0.3, -0.25) is 0 Å². The number of hydrogen-bond acceptors (Lipinski definition) is 1. The Hall–Kier alpha value is 0.155. The molecule has 0 aliphatic rings. The van der Waals surface area contributed by atoms with Crippen LogP contribution in [0, 0.1) is 0 Å². The Morgan fingerprint density at radius 2 is 2.50 bits per heavy atom. The quantitative estimate of drug-likeness (QED) is 0.470. The van der Waals surface area contributed by atoms with Crippen LogP contribution in [0.1, 0.15) is 6.92 Å². The van der Waals surface area contributed by atoms with Crippen molar-refractivity contribution in [1.29, 1.82) is 0 Å². The standard InChI is InChI=1S/C4H7BS/c1-2-3-6-4-5/h2-3H,4H2,1H3/b3-2-. The molecule has 2 heteroatoms. The zero-order valence-corrected chi connectivity index (χ0v) is 4.66. The predicted molar refractivity (Wildman–Crippen MR) is 33.0 cm³/mol. The van der Waals surface area contributed by atoms with E-state index in [4.69, 9.17) is 7.85 Å². The van der Waals surface area contributed by atoms with Crippen LogP contribution in [0.2, 0.25) is 0 Å². The molecule has 0 fully saturated rings. The second-order valence-corrected chi connectivity index (χ2v) is 1.74. The normalized spacial score (nSPS) is 10.2. The van der Waals surface area contributed by atoms with Crippen molar-refractivity contribution in [1.82, 2.24) is 0 Å². The summed E-state index contributed by atoms with van der Waals surface area (Å²) in [7, 11) is 5.13. The molecule has 2 radical (unpaired) electrons. The molecule has 0 aliphatic carbocycles. The Balaban J connectivity index is 2.66. The maximum Gasteiger partial charge on any atom is 0.0803 e. The van der Waals surface area contributed by atoms with E-state index in [1.54, 1.807) is 11.8 Å². The van der Waals surface area contributed by atoms with Gasteiger partial charge in [-0.2, -0.15) is 0 Å². The third-order valence-electron chi connectivity index (χ3n) is 0.329. The minimum Gasteiger partial charge on any atom is -0.144 e. The van der Waals surface area contributed by atoms with Crippen molar-refractivity contribution in [2.75, 3.05) is 5.65 Å². The molecular formula is C4H7BS. The van der Waals surface area contributed by atoms with Crippen molar-refractivity contribution < 1.29 is 0 Å². The van der Waals surface area contributed by atoms with Gasteiger partial charge in [-0.05, 0) is 18.0 Å². The van der Waals surface area contributed by atoms with E-state index in [2.05, 4.69) is 0 Å². The lowest BCUT2D eigenvalue weighted by atomic mass is 10.2. The fraction of sp³-hybridized carbons (Fsp3) is 0.500. The first-order chi connectivity index (χ1) is 2.91. The Kier molecular flexibility index (Phi) is 5.29. The Labute approximate surface area is 44.4 Å². The van der Waals surface area contributed by atoms with E-state index in [1.165, 1.54) is 0 Å². The van der Waals surface area contributed by atoms with Gasteiger partial charge >= 0.3 is 0 Å². The molecule has 0 spiro atoms. The van der Waals surface area contributed by atoms with E-state index in [0.717, 1.165) is 0 Å². The third kappa shape index (κ3) is 4.15. The van der Waals surface area contributed by atoms with Gasteiger partial charge < -0.3 is 0 Å². The van der Waals surface area contributed by atoms with E-state index >= 15 is 0 Å². The summed E-state index contributed by atoms with van der Waals surface area (Å²) in [5.41, 5.74) is 0.685. The highest BCUT2D eigenvalue weighted by atomic mass is 32.2. The van der Waals surface area contributed by atoms with Gasteiger partial charge in [0.15, 0.2) is 0 Å². The van der Waals surface area contributed by atoms with Gasteiger partial charge in [0, 0.05) is 0 Å². The van der Waals surface area contributed by atoms with E-state index in [1.807, 2.05) is 18.4 Å². The average Bonchev–Trinajstić information content (AvgIpc) is 1.61. The molecular weight excluding hydrogens is 90.9 g/mol. The summed E-state index contributed by atoms with van der Waals surface area (Å²) >= 11 is 1.61. The molecule has 0 saturated carbocycles. The highest BCUT2D eigenvalue weighted by molar-refractivity contribution is 8.03. The molecule has 0 nitrogen and oxygen atoms in total. The van der Waals surface area contributed by atoms with Crippen LogP contribution in [0.25, 0.3) is 0 Å². The van der Waals surface area contributed by atoms with Crippen molar-refractivity contribution in [2.45, 2.75) is 6.92 Å². The zero-order valence-electron chi connectivity index (χ0n) is 3.85. The molecule has 0 unspecified atom stereocenters. The summed E-state index contributed by atoms with van der Waals surface area (Å²) in [5, 5.41) is 1.97. The first-order valence-corrected chi connectivity index (χ1v) is 2.89. The lowest BCUT2D eigenvalue weighted by molar-refractivity contribution is 1.79. The van der Waals surface area contributed by atoms with E-state index in [9.17, 15) is 0 Å². The van der Waals surface area contributed by atoms with Crippen LogP contribution in [0.3, 0.4) is 0 Å². The van der Waals surface area contributed by atoms with E-state index in [0.29, 0.717) is 5.65 Å². The molecule has 6 heavy (non-hydrogen) atoms. The van der Waals surface area contributed by atoms with E-state index in [-0.39, 0.29) is 0 Å². The molecule has 0 aromatic heterocycles. The zero-order chi connectivity index (χ0) is 4.83. The predicted octanol–water partition coefficient (Wildman–Crippen LogP) is 1.38. The molecule has 0 atom stereocenters. The summed E-state index contributed by atoms with van der Waals surface area (Å²) in [4.78, 5) is 0. The minimum absolute atomic E-state index is 0.685. The number of thioether (sulfide) groups is 1. The van der Waals surface area contributed by atoms with Crippen molar-refractivity contribution in [3.63, 3.8) is 0 Å². The summed E-state index contributed by atoms with van der Waals surface area (Å²) in [6.07, 6.45) is 1.97. The van der Waals surface area contributed by atoms with Crippen LogP contribution in [-0.2, 0) is 0 Å². The van der Waals surface area contributed by atoms with Gasteiger partial charge in [0.05, 0.1) is 7.85 Å². The lowest BCUT2D eigenvalue weighted by Crippen LogP contribution is -1.64. The van der Waals surface area contributed by atoms with Crippen molar-refractivity contribution in [2.24, 2.45) is 0 Å². The van der Waals surface area contributed by atoms with Crippen molar-refractivity contribution in [3.05, 3.63) is 11.5 Å². The maximum atomic E-state index is 5.13. The third-order valence-corrected chi connectivity index (χ3v) is 0.986. The average molecular weight is 98.0 g/mol. The second-order valence-electron chi connectivity index (χ2n) is 0.803. The summed E-state index contributed by atoms with van der Waals surface area (Å²) < 4.78 is 0. The molecule has 0 N–H and O–H groups in total. The van der Waals surface area contributed by atoms with Crippen LogP contribution in [0.4, 0.5) is 0 Å². The lowest BCUT2D eigenvalue weighted by Gasteiger charge is -1.77. The topological polar surface area (TPSA) is 0 Å². The Morgan fingerprint density at radius 3 is 2.67 bits per heavy atom. The highest BCUT2D eigenvalue weighted by Gasteiger charge is 1.64. The molecule has 0 aromatic rings. The van der Waals surface area contributed by atoms with Gasteiger partial charge in [-0.1, -0.05) is 6.08 Å². The number of allylic oxidation sites excluding steroid dienone is 1. The fourth-order valence-corrected chi connectivity index (χ4v) is 0.455. The molecule has 0 aliphatic heterocycles. The molecule has 0 amide bonds. The summed E-state index contributed by atoms with van der Waals surface area (Å²) in [6.45, 7) is 1.97. The first-order valence-electron chi connectivity index (χ1n) is 1.84. The highest BCUT2D eigenvalue weighted by Crippen LogP contribution is 1.95. The van der Waals surface area contributed by atoms with Gasteiger partial charge in [0.25, 0.3) is 0 Å². The SMILES string of the molecule is [B]CS/C=C\C. The van der Waals surface area contributed by atoms with Crippen LogP contribution < -0.4 is 0 Å². The first kappa shape index (κ1) is 6.15. The number of rotatable bonds is 2. The van der Waals surface area contributed by atoms with Gasteiger partial charge in [0.2, 0.25) is 0 Å². The van der Waals surface area contributed by atoms with E-state index < -0.39 is 0 Å². The summed E-state index contributed by atoms with van der Waals surface area (Å²) in [6, 6.07) is 0. The van der Waals surface area contributed by atoms with Crippen LogP contribution in [-0.4, -0.2) is 13.5 Å². The smallest absolute Gasteiger partial charge is 0.0803 e. The van der Waals surface area contributed by atoms with Gasteiger partial charge in [-0.25, -0.2) is 0 Å². The molecule has 0 saturated heterocycles. The molecule has 0 heterocycles. The monoisotopic (exact) mass is 98.0 g/mol. The van der Waals surface area contributed by atoms with Crippen LogP contribution in [0.15, 0.2) is 11.5 Å². The minimum atomic E-state index is 0.685. The number of hydrogen-bond donors (Lipinski definition) is 0. The largest absolute Gasteiger partial charge is 0.144 e. The Bertz CT molecular complexity index is 42.8. The second kappa shape index (κ2) is 5.15. The fourth-order valence-electron chi connectivity index (χ4n) is 0.152. The maximum absolute atomic E-state index is 5.13. The van der Waals surface area contributed by atoms with Crippen LogP contribution in [0.5, 0.6) is 0 Å². The van der Waals surface area contributed by atoms with Crippen LogP contribution >= 0.6 is 11.8 Å². The van der Waals surface area contributed by atoms with Crippen molar-refractivity contribution in [3.8, 4) is 0 Å². The molecule has 0 bridgehead atoms. The molecule has 0 rings (SSSR count). The van der Waals surface area contributed by atoms with Gasteiger partial charge in [0.1, 0.15) is 0 Å². The van der Waals surface area contributed by atoms with Gasteiger partial charge in [-0.15, -0.1) is 11.8 Å². The summed E-state index contributed by atoms with van der Waals surface area (Å²) in [5.74, 6) is 0. The molecule has 0 aromatic carbocycles. The van der Waals surface area contributed by atoms with Crippen molar-refractivity contribution >= 4 is 19.6 Å². The molecule has 32 valence electrons.